The maximum Gasteiger partial charge on any atom is 0.324 e. The summed E-state index contributed by atoms with van der Waals surface area (Å²) >= 11 is 0. The summed E-state index contributed by atoms with van der Waals surface area (Å²) in [6.45, 7) is 7.91. The van der Waals surface area contributed by atoms with Gasteiger partial charge in [0.1, 0.15) is 0 Å². The molecule has 2 aliphatic rings. The van der Waals surface area contributed by atoms with Crippen molar-refractivity contribution in [1.82, 2.24) is 0 Å². The standard InChI is InChI=1S/C18H28O5/c1-5-22-16(20)18(17(21)23-6-2)10-14(11(3)4)13-9-12(18)7-8-15(13)19/h12-13,15,19H,5-10H2,1-4H3/t12-,13+,15+/m1/s1. The predicted molar refractivity (Wildman–Crippen MR) is 85.5 cm³/mol. The number of hydrogen-bond donors (Lipinski definition) is 1. The van der Waals surface area contributed by atoms with Gasteiger partial charge in [-0.2, -0.15) is 0 Å². The van der Waals surface area contributed by atoms with Gasteiger partial charge in [-0.25, -0.2) is 0 Å². The molecule has 5 nitrogen and oxygen atoms in total. The summed E-state index contributed by atoms with van der Waals surface area (Å²) in [5, 5.41) is 10.3. The molecule has 2 aliphatic carbocycles. The predicted octanol–water partition coefficient (Wildman–Crippen LogP) is 2.62. The van der Waals surface area contributed by atoms with Gasteiger partial charge in [0.05, 0.1) is 19.3 Å². The summed E-state index contributed by atoms with van der Waals surface area (Å²) in [5.41, 5.74) is 0.817. The molecule has 0 spiro atoms. The zero-order valence-electron chi connectivity index (χ0n) is 14.6. The largest absolute Gasteiger partial charge is 0.465 e. The Bertz CT molecular complexity index is 486. The highest BCUT2D eigenvalue weighted by atomic mass is 16.6. The molecule has 0 unspecified atom stereocenters. The molecule has 130 valence electrons. The Morgan fingerprint density at radius 1 is 1.13 bits per heavy atom. The molecule has 5 heteroatoms. The molecule has 23 heavy (non-hydrogen) atoms. The second-order valence-electron chi connectivity index (χ2n) is 6.80. The second-order valence-corrected chi connectivity index (χ2v) is 6.80. The normalized spacial score (nSPS) is 28.9. The summed E-state index contributed by atoms with van der Waals surface area (Å²) in [4.78, 5) is 25.6. The first-order valence-corrected chi connectivity index (χ1v) is 8.57. The fourth-order valence-electron chi connectivity index (χ4n) is 4.18. The monoisotopic (exact) mass is 324 g/mol. The molecule has 1 N–H and O–H groups in total. The molecule has 2 fully saturated rings. The van der Waals surface area contributed by atoms with Gasteiger partial charge in [0, 0.05) is 5.92 Å². The number of aliphatic hydroxyl groups excluding tert-OH is 1. The van der Waals surface area contributed by atoms with Gasteiger partial charge in [-0.15, -0.1) is 0 Å². The second kappa shape index (κ2) is 7.04. The lowest BCUT2D eigenvalue weighted by molar-refractivity contribution is -0.182. The van der Waals surface area contributed by atoms with Crippen molar-refractivity contribution in [2.45, 2.75) is 59.5 Å². The first kappa shape index (κ1) is 18.0. The van der Waals surface area contributed by atoms with E-state index in [-0.39, 0.29) is 25.0 Å². The van der Waals surface area contributed by atoms with Crippen molar-refractivity contribution in [2.24, 2.45) is 17.3 Å². The van der Waals surface area contributed by atoms with E-state index in [1.807, 2.05) is 13.8 Å². The maximum absolute atomic E-state index is 12.8. The van der Waals surface area contributed by atoms with Gasteiger partial charge in [0.2, 0.25) is 0 Å². The van der Waals surface area contributed by atoms with Gasteiger partial charge in [0.25, 0.3) is 0 Å². The van der Waals surface area contributed by atoms with E-state index in [0.717, 1.165) is 11.1 Å². The van der Waals surface area contributed by atoms with Gasteiger partial charge < -0.3 is 14.6 Å². The van der Waals surface area contributed by atoms with Gasteiger partial charge in [0.15, 0.2) is 5.41 Å². The maximum atomic E-state index is 12.8. The van der Waals surface area contributed by atoms with Crippen LogP contribution in [0.3, 0.4) is 0 Å². The van der Waals surface area contributed by atoms with Crippen LogP contribution in [0.4, 0.5) is 0 Å². The van der Waals surface area contributed by atoms with Crippen LogP contribution in [-0.2, 0) is 19.1 Å². The molecule has 0 radical (unpaired) electrons. The molecular weight excluding hydrogens is 296 g/mol. The molecule has 0 aromatic carbocycles. The third-order valence-corrected chi connectivity index (χ3v) is 5.35. The molecule has 0 aromatic heterocycles. The van der Waals surface area contributed by atoms with Crippen LogP contribution in [-0.4, -0.2) is 36.4 Å². The van der Waals surface area contributed by atoms with E-state index in [9.17, 15) is 14.7 Å². The molecule has 2 bridgehead atoms. The third kappa shape index (κ3) is 3.03. The molecular formula is C18H28O5. The topological polar surface area (TPSA) is 72.8 Å². The lowest BCUT2D eigenvalue weighted by Gasteiger charge is -2.49. The van der Waals surface area contributed by atoms with Crippen LogP contribution in [0.15, 0.2) is 11.1 Å². The highest BCUT2D eigenvalue weighted by Crippen LogP contribution is 2.54. The highest BCUT2D eigenvalue weighted by molar-refractivity contribution is 6.01. The quantitative estimate of drug-likeness (QED) is 0.489. The summed E-state index contributed by atoms with van der Waals surface area (Å²) in [5.74, 6) is -1.04. The van der Waals surface area contributed by atoms with Crippen LogP contribution in [0.25, 0.3) is 0 Å². The van der Waals surface area contributed by atoms with Crippen LogP contribution in [0.5, 0.6) is 0 Å². The van der Waals surface area contributed by atoms with Crippen LogP contribution in [0, 0.1) is 17.3 Å². The summed E-state index contributed by atoms with van der Waals surface area (Å²) in [6, 6.07) is 0. The molecule has 0 aliphatic heterocycles. The molecule has 2 rings (SSSR count). The van der Waals surface area contributed by atoms with Crippen molar-refractivity contribution < 1.29 is 24.2 Å². The first-order chi connectivity index (χ1) is 10.9. The van der Waals surface area contributed by atoms with Crippen molar-refractivity contribution in [1.29, 1.82) is 0 Å². The smallest absolute Gasteiger partial charge is 0.324 e. The Morgan fingerprint density at radius 3 is 2.17 bits per heavy atom. The summed E-state index contributed by atoms with van der Waals surface area (Å²) < 4.78 is 10.5. The minimum absolute atomic E-state index is 0.0377. The van der Waals surface area contributed by atoms with Gasteiger partial charge in [-0.05, 0) is 59.3 Å². The lowest BCUT2D eigenvalue weighted by atomic mass is 9.55. The van der Waals surface area contributed by atoms with E-state index in [1.54, 1.807) is 13.8 Å². The number of carbonyl (C=O) groups excluding carboxylic acids is 2. The highest BCUT2D eigenvalue weighted by Gasteiger charge is 2.60. The third-order valence-electron chi connectivity index (χ3n) is 5.35. The van der Waals surface area contributed by atoms with E-state index in [2.05, 4.69) is 0 Å². The number of aliphatic hydroxyl groups is 1. The van der Waals surface area contributed by atoms with Crippen LogP contribution in [0.2, 0.25) is 0 Å². The van der Waals surface area contributed by atoms with Crippen LogP contribution >= 0.6 is 0 Å². The fraction of sp³-hybridized carbons (Fsp3) is 0.778. The number of fused-ring (bicyclic) bond motifs is 2. The van der Waals surface area contributed by atoms with E-state index >= 15 is 0 Å². The summed E-state index contributed by atoms with van der Waals surface area (Å²) in [6.07, 6.45) is 1.80. The van der Waals surface area contributed by atoms with Crippen LogP contribution in [0.1, 0.15) is 53.4 Å². The molecule has 0 heterocycles. The average molecular weight is 324 g/mol. The van der Waals surface area contributed by atoms with Gasteiger partial charge >= 0.3 is 11.9 Å². The molecule has 0 aromatic rings. The summed E-state index contributed by atoms with van der Waals surface area (Å²) in [7, 11) is 0. The van der Waals surface area contributed by atoms with E-state index in [1.165, 1.54) is 0 Å². The zero-order chi connectivity index (χ0) is 17.2. The van der Waals surface area contributed by atoms with Crippen molar-refractivity contribution in [3.8, 4) is 0 Å². The SMILES string of the molecule is CCOC(=O)C1(C(=O)OCC)CC(=C(C)C)[C@@H]2C[C@H]1CC[C@@H]2O. The number of hydrogen-bond acceptors (Lipinski definition) is 5. The number of carbonyl (C=O) groups is 2. The van der Waals surface area contributed by atoms with E-state index < -0.39 is 23.5 Å². The van der Waals surface area contributed by atoms with Crippen molar-refractivity contribution in [3.05, 3.63) is 11.1 Å². The number of ether oxygens (including phenoxy) is 2. The minimum atomic E-state index is -1.25. The molecule has 2 saturated carbocycles. The van der Waals surface area contributed by atoms with Crippen molar-refractivity contribution in [3.63, 3.8) is 0 Å². The zero-order valence-corrected chi connectivity index (χ0v) is 14.6. The van der Waals surface area contributed by atoms with Crippen LogP contribution < -0.4 is 0 Å². The number of allylic oxidation sites excluding steroid dienone is 1. The average Bonchev–Trinajstić information content (AvgIpc) is 2.51. The lowest BCUT2D eigenvalue weighted by Crippen LogP contribution is -2.54. The number of rotatable bonds is 4. The molecule has 0 amide bonds. The molecule has 3 atom stereocenters. The number of esters is 2. The van der Waals surface area contributed by atoms with E-state index in [4.69, 9.17) is 9.47 Å². The Kier molecular flexibility index (Phi) is 5.50. The Hall–Kier alpha value is -1.36. The van der Waals surface area contributed by atoms with Gasteiger partial charge in [-0.1, -0.05) is 11.1 Å². The van der Waals surface area contributed by atoms with Gasteiger partial charge in [-0.3, -0.25) is 9.59 Å². The fourth-order valence-corrected chi connectivity index (χ4v) is 4.18. The van der Waals surface area contributed by atoms with Crippen molar-refractivity contribution >= 4 is 11.9 Å². The molecule has 0 saturated heterocycles. The minimum Gasteiger partial charge on any atom is -0.465 e. The van der Waals surface area contributed by atoms with Crippen molar-refractivity contribution in [2.75, 3.05) is 13.2 Å². The Balaban J connectivity index is 2.50. The van der Waals surface area contributed by atoms with E-state index in [0.29, 0.717) is 25.7 Å². The first-order valence-electron chi connectivity index (χ1n) is 8.57. The Morgan fingerprint density at radius 2 is 1.70 bits per heavy atom. The Labute approximate surface area is 138 Å².